The summed E-state index contributed by atoms with van der Waals surface area (Å²) in [7, 11) is 0. The van der Waals surface area contributed by atoms with Gasteiger partial charge in [0.25, 0.3) is 0 Å². The summed E-state index contributed by atoms with van der Waals surface area (Å²) in [6.07, 6.45) is -2.11. The van der Waals surface area contributed by atoms with Crippen molar-refractivity contribution in [3.63, 3.8) is 0 Å². The van der Waals surface area contributed by atoms with Crippen LogP contribution in [0.4, 0.5) is 24.1 Å². The largest absolute Gasteiger partial charge is 0.465 e. The molecule has 0 aromatic heterocycles. The van der Waals surface area contributed by atoms with E-state index in [0.717, 1.165) is 16.5 Å². The number of alkyl halides is 1. The Balaban J connectivity index is 1.61. The van der Waals surface area contributed by atoms with Gasteiger partial charge >= 0.3 is 12.2 Å². The Morgan fingerprint density at radius 3 is 2.43 bits per heavy atom. The van der Waals surface area contributed by atoms with Gasteiger partial charge in [0.05, 0.1) is 0 Å². The molecule has 148 valence electrons. The third-order valence-electron chi connectivity index (χ3n) is 4.74. The van der Waals surface area contributed by atoms with Crippen molar-refractivity contribution in [2.24, 2.45) is 0 Å². The maximum absolute atomic E-state index is 15.1. The molecule has 2 aromatic carbocycles. The van der Waals surface area contributed by atoms with Crippen LogP contribution in [0, 0.1) is 5.82 Å². The van der Waals surface area contributed by atoms with E-state index in [9.17, 15) is 14.0 Å². The van der Waals surface area contributed by atoms with E-state index in [1.54, 1.807) is 12.1 Å². The minimum atomic E-state index is -1.94. The van der Waals surface area contributed by atoms with Gasteiger partial charge in [0.2, 0.25) is 0 Å². The molecule has 0 radical (unpaired) electrons. The second kappa shape index (κ2) is 8.24. The minimum absolute atomic E-state index is 0.00289. The molecule has 1 heterocycles. The molecule has 0 atom stereocenters. The SMILES string of the molecule is O=C(Nc1ccc(C2(F)CCN(C(=O)O)CC2)c(F)c1)OCc1ccccc1. The lowest BCUT2D eigenvalue weighted by Gasteiger charge is -2.35. The van der Waals surface area contributed by atoms with E-state index in [1.165, 1.54) is 12.1 Å². The Kier molecular flexibility index (Phi) is 5.77. The molecule has 6 nitrogen and oxygen atoms in total. The summed E-state index contributed by atoms with van der Waals surface area (Å²) in [5.41, 5.74) is -1.12. The summed E-state index contributed by atoms with van der Waals surface area (Å²) in [5.74, 6) is -0.799. The summed E-state index contributed by atoms with van der Waals surface area (Å²) in [5, 5.41) is 11.4. The lowest BCUT2D eigenvalue weighted by atomic mass is 9.86. The van der Waals surface area contributed by atoms with Crippen molar-refractivity contribution >= 4 is 17.9 Å². The summed E-state index contributed by atoms with van der Waals surface area (Å²) in [6.45, 7) is 0.0646. The average molecular weight is 390 g/mol. The second-order valence-electron chi connectivity index (χ2n) is 6.62. The molecule has 1 aliphatic rings. The van der Waals surface area contributed by atoms with Crippen LogP contribution < -0.4 is 5.32 Å². The fraction of sp³-hybridized carbons (Fsp3) is 0.300. The van der Waals surface area contributed by atoms with Crippen LogP contribution in [0.25, 0.3) is 0 Å². The molecule has 2 amide bonds. The first-order valence-corrected chi connectivity index (χ1v) is 8.82. The lowest BCUT2D eigenvalue weighted by Crippen LogP contribution is -2.43. The number of carboxylic acid groups (broad SMARTS) is 1. The van der Waals surface area contributed by atoms with Gasteiger partial charge in [0, 0.05) is 37.2 Å². The molecule has 0 unspecified atom stereocenters. The summed E-state index contributed by atoms with van der Waals surface area (Å²) >= 11 is 0. The quantitative estimate of drug-likeness (QED) is 0.805. The van der Waals surface area contributed by atoms with Crippen LogP contribution in [0.3, 0.4) is 0 Å². The third kappa shape index (κ3) is 4.57. The van der Waals surface area contributed by atoms with E-state index in [0.29, 0.717) is 0 Å². The molecule has 1 saturated heterocycles. The highest BCUT2D eigenvalue weighted by Gasteiger charge is 2.39. The first-order valence-electron chi connectivity index (χ1n) is 8.82. The predicted octanol–water partition coefficient (Wildman–Crippen LogP) is 4.51. The van der Waals surface area contributed by atoms with E-state index < -0.39 is 23.7 Å². The molecular weight excluding hydrogens is 370 g/mol. The number of nitrogens with zero attached hydrogens (tertiary/aromatic N) is 1. The van der Waals surface area contributed by atoms with Gasteiger partial charge in [-0.25, -0.2) is 18.4 Å². The van der Waals surface area contributed by atoms with Crippen molar-refractivity contribution in [2.45, 2.75) is 25.1 Å². The molecule has 0 spiro atoms. The van der Waals surface area contributed by atoms with E-state index >= 15 is 4.39 Å². The van der Waals surface area contributed by atoms with Gasteiger partial charge in [-0.15, -0.1) is 0 Å². The van der Waals surface area contributed by atoms with E-state index in [1.807, 2.05) is 18.2 Å². The number of likely N-dealkylation sites (tertiary alicyclic amines) is 1. The van der Waals surface area contributed by atoms with Gasteiger partial charge in [-0.1, -0.05) is 36.4 Å². The maximum Gasteiger partial charge on any atom is 0.411 e. The Bertz CT molecular complexity index is 853. The number of hydrogen-bond donors (Lipinski definition) is 2. The van der Waals surface area contributed by atoms with Gasteiger partial charge in [-0.2, -0.15) is 0 Å². The van der Waals surface area contributed by atoms with Gasteiger partial charge < -0.3 is 14.7 Å². The van der Waals surface area contributed by atoms with Crippen molar-refractivity contribution in [1.82, 2.24) is 4.90 Å². The number of nitrogens with one attached hydrogen (secondary N) is 1. The zero-order chi connectivity index (χ0) is 20.1. The number of hydrogen-bond acceptors (Lipinski definition) is 3. The standard InChI is InChI=1S/C20H20F2N2O4/c21-17-12-15(23-18(25)28-13-14-4-2-1-3-5-14)6-7-16(17)20(22)8-10-24(11-9-20)19(26)27/h1-7,12H,8-11,13H2,(H,23,25)(H,26,27). The highest BCUT2D eigenvalue weighted by atomic mass is 19.1. The number of piperidine rings is 1. The van der Waals surface area contributed by atoms with Gasteiger partial charge in [-0.3, -0.25) is 5.32 Å². The zero-order valence-corrected chi connectivity index (χ0v) is 15.0. The van der Waals surface area contributed by atoms with Gasteiger partial charge in [0.15, 0.2) is 0 Å². The maximum atomic E-state index is 15.1. The van der Waals surface area contributed by atoms with Crippen LogP contribution in [0.2, 0.25) is 0 Å². The zero-order valence-electron chi connectivity index (χ0n) is 15.0. The van der Waals surface area contributed by atoms with Crippen LogP contribution in [-0.4, -0.2) is 35.3 Å². The number of halogens is 2. The van der Waals surface area contributed by atoms with Gasteiger partial charge in [0.1, 0.15) is 18.1 Å². The molecule has 28 heavy (non-hydrogen) atoms. The first kappa shape index (κ1) is 19.6. The number of anilines is 1. The fourth-order valence-corrected chi connectivity index (χ4v) is 3.16. The van der Waals surface area contributed by atoms with Crippen LogP contribution in [-0.2, 0) is 17.0 Å². The molecule has 8 heteroatoms. The summed E-state index contributed by atoms with van der Waals surface area (Å²) < 4.78 is 34.7. The van der Waals surface area contributed by atoms with Crippen LogP contribution in [0.15, 0.2) is 48.5 Å². The number of ether oxygens (including phenoxy) is 1. The topological polar surface area (TPSA) is 78.9 Å². The Morgan fingerprint density at radius 1 is 1.14 bits per heavy atom. The van der Waals surface area contributed by atoms with Crippen molar-refractivity contribution in [3.8, 4) is 0 Å². The van der Waals surface area contributed by atoms with E-state index in [2.05, 4.69) is 5.32 Å². The molecule has 2 aromatic rings. The number of rotatable bonds is 4. The Labute approximate surface area is 160 Å². The minimum Gasteiger partial charge on any atom is -0.465 e. The molecule has 1 fully saturated rings. The molecule has 0 saturated carbocycles. The number of carbonyl (C=O) groups excluding carboxylic acids is 1. The summed E-state index contributed by atoms with van der Waals surface area (Å²) in [6, 6.07) is 12.8. The molecule has 0 bridgehead atoms. The summed E-state index contributed by atoms with van der Waals surface area (Å²) in [4.78, 5) is 23.9. The Hall–Kier alpha value is -3.16. The van der Waals surface area contributed by atoms with Crippen molar-refractivity contribution < 1.29 is 28.2 Å². The number of amides is 2. The lowest BCUT2D eigenvalue weighted by molar-refractivity contribution is 0.0527. The van der Waals surface area contributed by atoms with Gasteiger partial charge in [-0.05, 0) is 17.7 Å². The molecular formula is C20H20F2N2O4. The van der Waals surface area contributed by atoms with Crippen molar-refractivity contribution in [2.75, 3.05) is 18.4 Å². The number of benzene rings is 2. The van der Waals surface area contributed by atoms with E-state index in [4.69, 9.17) is 9.84 Å². The van der Waals surface area contributed by atoms with Crippen molar-refractivity contribution in [1.29, 1.82) is 0 Å². The molecule has 0 aliphatic carbocycles. The van der Waals surface area contributed by atoms with Crippen LogP contribution in [0.5, 0.6) is 0 Å². The predicted molar refractivity (Wildman–Crippen MR) is 98.3 cm³/mol. The average Bonchev–Trinajstić information content (AvgIpc) is 2.67. The monoisotopic (exact) mass is 390 g/mol. The Morgan fingerprint density at radius 2 is 1.82 bits per heavy atom. The molecule has 1 aliphatic heterocycles. The van der Waals surface area contributed by atoms with Crippen molar-refractivity contribution in [3.05, 3.63) is 65.5 Å². The second-order valence-corrected chi connectivity index (χ2v) is 6.62. The first-order chi connectivity index (χ1) is 13.4. The van der Waals surface area contributed by atoms with Crippen LogP contribution in [0.1, 0.15) is 24.0 Å². The fourth-order valence-electron chi connectivity index (χ4n) is 3.16. The molecule has 3 rings (SSSR count). The number of carbonyl (C=O) groups is 2. The smallest absolute Gasteiger partial charge is 0.411 e. The molecule has 2 N–H and O–H groups in total. The third-order valence-corrected chi connectivity index (χ3v) is 4.74. The highest BCUT2D eigenvalue weighted by Crippen LogP contribution is 2.39. The normalized spacial score (nSPS) is 15.7. The van der Waals surface area contributed by atoms with E-state index in [-0.39, 0.29) is 43.8 Å². The van der Waals surface area contributed by atoms with Crippen LogP contribution >= 0.6 is 0 Å². The highest BCUT2D eigenvalue weighted by molar-refractivity contribution is 5.84.